The molecule has 0 bridgehead atoms. The highest BCUT2D eigenvalue weighted by molar-refractivity contribution is 5.43. The molecule has 0 radical (unpaired) electrons. The predicted molar refractivity (Wildman–Crippen MR) is 78.8 cm³/mol. The van der Waals surface area contributed by atoms with Crippen molar-refractivity contribution in [2.24, 2.45) is 11.7 Å². The molecule has 0 saturated carbocycles. The fourth-order valence-corrected chi connectivity index (χ4v) is 2.22. The fraction of sp³-hybridized carbons (Fsp3) is 0.600. The van der Waals surface area contributed by atoms with Crippen LogP contribution >= 0.6 is 0 Å². The third kappa shape index (κ3) is 4.73. The van der Waals surface area contributed by atoms with Crippen molar-refractivity contribution in [1.29, 1.82) is 0 Å². The number of hydrogen-bond donors (Lipinski definition) is 1. The Labute approximate surface area is 116 Å². The zero-order valence-electron chi connectivity index (χ0n) is 12.6. The van der Waals surface area contributed by atoms with Gasteiger partial charge in [-0.2, -0.15) is 0 Å². The molecule has 0 aliphatic rings. The van der Waals surface area contributed by atoms with Crippen molar-refractivity contribution < 1.29 is 9.47 Å². The first-order chi connectivity index (χ1) is 8.97. The molecule has 0 fully saturated rings. The van der Waals surface area contributed by atoms with Crippen LogP contribution in [-0.4, -0.2) is 39.3 Å². The third-order valence-corrected chi connectivity index (χ3v) is 3.02. The first-order valence-electron chi connectivity index (χ1n) is 6.64. The molecule has 1 aromatic rings. The smallest absolute Gasteiger partial charge is 0.161 e. The van der Waals surface area contributed by atoms with Gasteiger partial charge >= 0.3 is 0 Å². The lowest BCUT2D eigenvalue weighted by molar-refractivity contribution is 0.278. The minimum absolute atomic E-state index is 0.0245. The Kier molecular flexibility index (Phi) is 6.12. The molecule has 0 spiro atoms. The van der Waals surface area contributed by atoms with E-state index in [9.17, 15) is 0 Å². The predicted octanol–water partition coefficient (Wildman–Crippen LogP) is 2.29. The van der Waals surface area contributed by atoms with Crippen LogP contribution in [0.4, 0.5) is 0 Å². The Morgan fingerprint density at radius 3 is 2.26 bits per heavy atom. The molecule has 1 aromatic carbocycles. The van der Waals surface area contributed by atoms with E-state index in [1.807, 2.05) is 18.2 Å². The fourth-order valence-electron chi connectivity index (χ4n) is 2.22. The molecule has 108 valence electrons. The number of nitrogens with zero attached hydrogens (tertiary/aromatic N) is 1. The minimum atomic E-state index is -0.0245. The topological polar surface area (TPSA) is 47.7 Å². The lowest BCUT2D eigenvalue weighted by Gasteiger charge is -2.23. The molecule has 0 heterocycles. The Hall–Kier alpha value is -1.26. The summed E-state index contributed by atoms with van der Waals surface area (Å²) in [6.45, 7) is 6.28. The number of benzene rings is 1. The molecule has 2 N–H and O–H groups in total. The summed E-state index contributed by atoms with van der Waals surface area (Å²) in [4.78, 5) is 2.26. The Morgan fingerprint density at radius 2 is 1.74 bits per heavy atom. The molecular weight excluding hydrogens is 240 g/mol. The second-order valence-corrected chi connectivity index (χ2v) is 5.34. The molecule has 4 heteroatoms. The van der Waals surface area contributed by atoms with Gasteiger partial charge in [0.15, 0.2) is 11.5 Å². The van der Waals surface area contributed by atoms with Gasteiger partial charge in [-0.25, -0.2) is 0 Å². The number of methoxy groups -OCH3 is 2. The maximum absolute atomic E-state index is 6.25. The van der Waals surface area contributed by atoms with Crippen LogP contribution in [-0.2, 0) is 0 Å². The molecule has 0 amide bonds. The van der Waals surface area contributed by atoms with Crippen LogP contribution in [0.2, 0.25) is 0 Å². The van der Waals surface area contributed by atoms with Crippen molar-refractivity contribution in [1.82, 2.24) is 4.90 Å². The van der Waals surface area contributed by atoms with E-state index in [1.165, 1.54) is 0 Å². The van der Waals surface area contributed by atoms with Crippen LogP contribution < -0.4 is 15.2 Å². The maximum Gasteiger partial charge on any atom is 0.161 e. The highest BCUT2D eigenvalue weighted by Crippen LogP contribution is 2.29. The Balaban J connectivity index is 2.74. The van der Waals surface area contributed by atoms with Gasteiger partial charge in [0.25, 0.3) is 0 Å². The molecule has 1 unspecified atom stereocenters. The molecule has 0 aliphatic heterocycles. The molecule has 4 nitrogen and oxygen atoms in total. The van der Waals surface area contributed by atoms with Crippen molar-refractivity contribution in [3.05, 3.63) is 23.8 Å². The second kappa shape index (κ2) is 7.36. The van der Waals surface area contributed by atoms with Gasteiger partial charge in [0, 0.05) is 19.1 Å². The van der Waals surface area contributed by atoms with Crippen molar-refractivity contribution in [3.8, 4) is 11.5 Å². The van der Waals surface area contributed by atoms with E-state index in [4.69, 9.17) is 15.2 Å². The van der Waals surface area contributed by atoms with E-state index in [0.717, 1.165) is 30.2 Å². The van der Waals surface area contributed by atoms with Gasteiger partial charge in [0.1, 0.15) is 0 Å². The SMILES string of the molecule is COc1ccc(C(N)CN(C)CC(C)C)cc1OC. The largest absolute Gasteiger partial charge is 0.493 e. The summed E-state index contributed by atoms with van der Waals surface area (Å²) in [7, 11) is 5.37. The minimum Gasteiger partial charge on any atom is -0.493 e. The lowest BCUT2D eigenvalue weighted by atomic mass is 10.1. The van der Waals surface area contributed by atoms with Crippen LogP contribution in [0.5, 0.6) is 11.5 Å². The van der Waals surface area contributed by atoms with Crippen LogP contribution in [0, 0.1) is 5.92 Å². The molecule has 19 heavy (non-hydrogen) atoms. The quantitative estimate of drug-likeness (QED) is 0.822. The van der Waals surface area contributed by atoms with Gasteiger partial charge in [0.05, 0.1) is 14.2 Å². The summed E-state index contributed by atoms with van der Waals surface area (Å²) in [5.41, 5.74) is 7.31. The summed E-state index contributed by atoms with van der Waals surface area (Å²) >= 11 is 0. The molecule has 0 aliphatic carbocycles. The van der Waals surface area contributed by atoms with E-state index in [-0.39, 0.29) is 6.04 Å². The zero-order valence-corrected chi connectivity index (χ0v) is 12.6. The standard InChI is InChI=1S/C15H26N2O2/c1-11(2)9-17(3)10-13(16)12-6-7-14(18-4)15(8-12)19-5/h6-8,11,13H,9-10,16H2,1-5H3. The normalized spacial score (nSPS) is 12.8. The lowest BCUT2D eigenvalue weighted by Crippen LogP contribution is -2.31. The first kappa shape index (κ1) is 15.8. The summed E-state index contributed by atoms with van der Waals surface area (Å²) in [5.74, 6) is 2.10. The second-order valence-electron chi connectivity index (χ2n) is 5.34. The zero-order chi connectivity index (χ0) is 14.4. The number of nitrogens with two attached hydrogens (primary N) is 1. The number of hydrogen-bond acceptors (Lipinski definition) is 4. The van der Waals surface area contributed by atoms with E-state index in [0.29, 0.717) is 5.92 Å². The average molecular weight is 266 g/mol. The van der Waals surface area contributed by atoms with Crippen molar-refractivity contribution in [2.45, 2.75) is 19.9 Å². The monoisotopic (exact) mass is 266 g/mol. The van der Waals surface area contributed by atoms with E-state index < -0.39 is 0 Å². The summed E-state index contributed by atoms with van der Waals surface area (Å²) in [5, 5.41) is 0. The van der Waals surface area contributed by atoms with Gasteiger partial charge in [-0.3, -0.25) is 0 Å². The van der Waals surface area contributed by atoms with Gasteiger partial charge in [-0.05, 0) is 30.7 Å². The van der Waals surface area contributed by atoms with E-state index >= 15 is 0 Å². The number of ether oxygens (including phenoxy) is 2. The molecule has 1 rings (SSSR count). The first-order valence-corrected chi connectivity index (χ1v) is 6.64. The van der Waals surface area contributed by atoms with Gasteiger partial charge in [-0.1, -0.05) is 19.9 Å². The maximum atomic E-state index is 6.25. The third-order valence-electron chi connectivity index (χ3n) is 3.02. The van der Waals surface area contributed by atoms with Crippen molar-refractivity contribution >= 4 is 0 Å². The van der Waals surface area contributed by atoms with Crippen molar-refractivity contribution in [2.75, 3.05) is 34.4 Å². The highest BCUT2D eigenvalue weighted by Gasteiger charge is 2.13. The average Bonchev–Trinajstić information content (AvgIpc) is 2.36. The van der Waals surface area contributed by atoms with Crippen LogP contribution in [0.1, 0.15) is 25.5 Å². The van der Waals surface area contributed by atoms with Gasteiger partial charge in [0.2, 0.25) is 0 Å². The highest BCUT2D eigenvalue weighted by atomic mass is 16.5. The van der Waals surface area contributed by atoms with Crippen LogP contribution in [0.15, 0.2) is 18.2 Å². The van der Waals surface area contributed by atoms with Crippen molar-refractivity contribution in [3.63, 3.8) is 0 Å². The molecule has 0 saturated heterocycles. The van der Waals surface area contributed by atoms with E-state index in [1.54, 1.807) is 14.2 Å². The van der Waals surface area contributed by atoms with Gasteiger partial charge in [-0.15, -0.1) is 0 Å². The number of rotatable bonds is 7. The van der Waals surface area contributed by atoms with Gasteiger partial charge < -0.3 is 20.1 Å². The van der Waals surface area contributed by atoms with Crippen LogP contribution in [0.25, 0.3) is 0 Å². The summed E-state index contributed by atoms with van der Waals surface area (Å²) in [6, 6.07) is 5.82. The van der Waals surface area contributed by atoms with Crippen LogP contribution in [0.3, 0.4) is 0 Å². The summed E-state index contributed by atoms with van der Waals surface area (Å²) < 4.78 is 10.5. The Bertz CT molecular complexity index is 394. The molecule has 1 atom stereocenters. The molecular formula is C15H26N2O2. The Morgan fingerprint density at radius 1 is 1.11 bits per heavy atom. The summed E-state index contributed by atoms with van der Waals surface area (Å²) in [6.07, 6.45) is 0. The number of likely N-dealkylation sites (N-methyl/N-ethyl adjacent to an activating group) is 1. The van der Waals surface area contributed by atoms with E-state index in [2.05, 4.69) is 25.8 Å². The molecule has 0 aromatic heterocycles.